The number of pyridine rings is 1. The number of carbonyl (C=O) groups excluding carboxylic acids is 1. The minimum absolute atomic E-state index is 0.0424. The van der Waals surface area contributed by atoms with Crippen molar-refractivity contribution in [3.8, 4) is 11.8 Å². The highest BCUT2D eigenvalue weighted by atomic mass is 16.2. The average Bonchev–Trinajstić information content (AvgIpc) is 2.45. The van der Waals surface area contributed by atoms with Gasteiger partial charge in [-0.1, -0.05) is 18.9 Å². The molecule has 100 valence electrons. The molecule has 1 fully saturated rings. The smallest absolute Gasteiger partial charge is 0.298 e. The molecule has 1 unspecified atom stereocenters. The van der Waals surface area contributed by atoms with Gasteiger partial charge in [0.05, 0.1) is 0 Å². The standard InChI is InChI=1S/C16H20N2O/c1-3-4-10-16(19)18-11-6-8-14(12-18)15-9-5-7-13(2)17-15/h5,7,9,14H,3,6,8,11-12H2,1-2H3. The molecule has 0 radical (unpaired) electrons. The summed E-state index contributed by atoms with van der Waals surface area (Å²) in [7, 11) is 0. The first-order chi connectivity index (χ1) is 9.20. The third kappa shape index (κ3) is 3.57. The fraction of sp³-hybridized carbons (Fsp3) is 0.500. The lowest BCUT2D eigenvalue weighted by atomic mass is 9.94. The summed E-state index contributed by atoms with van der Waals surface area (Å²) < 4.78 is 0. The van der Waals surface area contributed by atoms with Crippen LogP contribution in [-0.2, 0) is 4.79 Å². The monoisotopic (exact) mass is 256 g/mol. The van der Waals surface area contributed by atoms with Gasteiger partial charge in [0, 0.05) is 36.8 Å². The van der Waals surface area contributed by atoms with Gasteiger partial charge in [-0.15, -0.1) is 0 Å². The molecule has 3 heteroatoms. The maximum Gasteiger partial charge on any atom is 0.298 e. The molecule has 1 aliphatic rings. The third-order valence-corrected chi connectivity index (χ3v) is 3.41. The van der Waals surface area contributed by atoms with Crippen LogP contribution in [0.2, 0.25) is 0 Å². The van der Waals surface area contributed by atoms with Crippen LogP contribution in [-0.4, -0.2) is 28.9 Å². The minimum Gasteiger partial charge on any atom is -0.331 e. The van der Waals surface area contributed by atoms with Gasteiger partial charge in [-0.2, -0.15) is 0 Å². The Morgan fingerprint density at radius 2 is 2.37 bits per heavy atom. The van der Waals surface area contributed by atoms with Crippen LogP contribution in [0.15, 0.2) is 18.2 Å². The van der Waals surface area contributed by atoms with Crippen LogP contribution in [0, 0.1) is 18.8 Å². The topological polar surface area (TPSA) is 33.2 Å². The van der Waals surface area contributed by atoms with Crippen LogP contribution in [0.3, 0.4) is 0 Å². The number of piperidine rings is 1. The van der Waals surface area contributed by atoms with Crippen molar-refractivity contribution in [3.63, 3.8) is 0 Å². The Morgan fingerprint density at radius 3 is 3.11 bits per heavy atom. The van der Waals surface area contributed by atoms with Crippen LogP contribution < -0.4 is 0 Å². The van der Waals surface area contributed by atoms with E-state index in [4.69, 9.17) is 0 Å². The van der Waals surface area contributed by atoms with Crippen molar-refractivity contribution in [2.24, 2.45) is 0 Å². The second-order valence-electron chi connectivity index (χ2n) is 4.95. The van der Waals surface area contributed by atoms with Gasteiger partial charge in [-0.05, 0) is 37.8 Å². The van der Waals surface area contributed by atoms with Crippen molar-refractivity contribution in [2.45, 2.75) is 39.0 Å². The number of aryl methyl sites for hydroxylation is 1. The second-order valence-corrected chi connectivity index (χ2v) is 4.95. The normalized spacial score (nSPS) is 18.6. The summed E-state index contributed by atoms with van der Waals surface area (Å²) in [6.45, 7) is 5.52. The van der Waals surface area contributed by atoms with E-state index in [1.807, 2.05) is 30.9 Å². The maximum absolute atomic E-state index is 11.9. The van der Waals surface area contributed by atoms with E-state index in [-0.39, 0.29) is 5.91 Å². The lowest BCUT2D eigenvalue weighted by Crippen LogP contribution is -2.38. The molecule has 1 amide bonds. The Balaban J connectivity index is 2.07. The van der Waals surface area contributed by atoms with Crippen molar-refractivity contribution >= 4 is 5.91 Å². The van der Waals surface area contributed by atoms with Crippen LogP contribution in [0.4, 0.5) is 0 Å². The molecular weight excluding hydrogens is 236 g/mol. The molecular formula is C16H20N2O. The molecule has 1 aromatic heterocycles. The van der Waals surface area contributed by atoms with Crippen molar-refractivity contribution in [1.82, 2.24) is 9.88 Å². The van der Waals surface area contributed by atoms with Gasteiger partial charge in [-0.3, -0.25) is 9.78 Å². The molecule has 0 bridgehead atoms. The van der Waals surface area contributed by atoms with Crippen LogP contribution in [0.1, 0.15) is 43.5 Å². The molecule has 1 atom stereocenters. The van der Waals surface area contributed by atoms with E-state index in [0.29, 0.717) is 5.92 Å². The van der Waals surface area contributed by atoms with E-state index >= 15 is 0 Å². The zero-order chi connectivity index (χ0) is 13.7. The number of hydrogen-bond donors (Lipinski definition) is 0. The van der Waals surface area contributed by atoms with E-state index < -0.39 is 0 Å². The first kappa shape index (κ1) is 13.6. The van der Waals surface area contributed by atoms with Crippen molar-refractivity contribution in [3.05, 3.63) is 29.6 Å². The number of hydrogen-bond acceptors (Lipinski definition) is 2. The summed E-state index contributed by atoms with van der Waals surface area (Å²) in [6.07, 6.45) is 2.85. The van der Waals surface area contributed by atoms with Gasteiger partial charge in [0.2, 0.25) is 0 Å². The van der Waals surface area contributed by atoms with E-state index in [0.717, 1.165) is 43.7 Å². The van der Waals surface area contributed by atoms with Crippen molar-refractivity contribution in [2.75, 3.05) is 13.1 Å². The molecule has 0 spiro atoms. The maximum atomic E-state index is 11.9. The highest BCUT2D eigenvalue weighted by molar-refractivity contribution is 5.93. The molecule has 19 heavy (non-hydrogen) atoms. The van der Waals surface area contributed by atoms with Crippen molar-refractivity contribution < 1.29 is 4.79 Å². The Labute approximate surface area is 115 Å². The molecule has 0 saturated carbocycles. The van der Waals surface area contributed by atoms with Crippen LogP contribution in [0.5, 0.6) is 0 Å². The summed E-state index contributed by atoms with van der Waals surface area (Å²) in [5, 5.41) is 0. The van der Waals surface area contributed by atoms with Crippen molar-refractivity contribution in [1.29, 1.82) is 0 Å². The predicted molar refractivity (Wildman–Crippen MR) is 75.6 cm³/mol. The molecule has 2 heterocycles. The Morgan fingerprint density at radius 1 is 1.53 bits per heavy atom. The fourth-order valence-electron chi connectivity index (χ4n) is 2.44. The molecule has 1 aromatic rings. The fourth-order valence-corrected chi connectivity index (χ4v) is 2.44. The highest BCUT2D eigenvalue weighted by Gasteiger charge is 2.24. The third-order valence-electron chi connectivity index (χ3n) is 3.41. The molecule has 0 aromatic carbocycles. The molecule has 3 nitrogen and oxygen atoms in total. The lowest BCUT2D eigenvalue weighted by Gasteiger charge is -2.31. The SMILES string of the molecule is CCC#CC(=O)N1CCCC(c2cccc(C)n2)C1. The van der Waals surface area contributed by atoms with E-state index in [1.165, 1.54) is 0 Å². The quantitative estimate of drug-likeness (QED) is 0.723. The summed E-state index contributed by atoms with van der Waals surface area (Å²) in [5.41, 5.74) is 2.13. The molecule has 1 saturated heterocycles. The number of aromatic nitrogens is 1. The second kappa shape index (κ2) is 6.38. The highest BCUT2D eigenvalue weighted by Crippen LogP contribution is 2.25. The Kier molecular flexibility index (Phi) is 4.57. The number of rotatable bonds is 1. The van der Waals surface area contributed by atoms with E-state index in [2.05, 4.69) is 22.9 Å². The van der Waals surface area contributed by atoms with Gasteiger partial charge < -0.3 is 4.90 Å². The lowest BCUT2D eigenvalue weighted by molar-refractivity contribution is -0.126. The van der Waals surface area contributed by atoms with Gasteiger partial charge in [0.15, 0.2) is 0 Å². The molecule has 0 N–H and O–H groups in total. The summed E-state index contributed by atoms with van der Waals surface area (Å²) in [4.78, 5) is 18.4. The zero-order valence-corrected chi connectivity index (χ0v) is 11.6. The summed E-state index contributed by atoms with van der Waals surface area (Å²) in [5.74, 6) is 5.86. The molecule has 1 aliphatic heterocycles. The largest absolute Gasteiger partial charge is 0.331 e. The molecule has 0 aliphatic carbocycles. The zero-order valence-electron chi connectivity index (χ0n) is 11.6. The summed E-state index contributed by atoms with van der Waals surface area (Å²) >= 11 is 0. The number of likely N-dealkylation sites (tertiary alicyclic amines) is 1. The van der Waals surface area contributed by atoms with E-state index in [1.54, 1.807) is 0 Å². The average molecular weight is 256 g/mol. The minimum atomic E-state index is -0.0424. The number of amides is 1. The van der Waals surface area contributed by atoms with Gasteiger partial charge in [0.25, 0.3) is 5.91 Å². The van der Waals surface area contributed by atoms with E-state index in [9.17, 15) is 4.79 Å². The first-order valence-corrected chi connectivity index (χ1v) is 6.92. The Bertz CT molecular complexity index is 513. The predicted octanol–water partition coefficient (Wildman–Crippen LogP) is 2.51. The van der Waals surface area contributed by atoms with Gasteiger partial charge >= 0.3 is 0 Å². The van der Waals surface area contributed by atoms with Crippen LogP contribution >= 0.6 is 0 Å². The molecule has 2 rings (SSSR count). The first-order valence-electron chi connectivity index (χ1n) is 6.92. The summed E-state index contributed by atoms with van der Waals surface area (Å²) in [6, 6.07) is 6.10. The van der Waals surface area contributed by atoms with Gasteiger partial charge in [0.1, 0.15) is 0 Å². The van der Waals surface area contributed by atoms with Crippen LogP contribution in [0.25, 0.3) is 0 Å². The number of carbonyl (C=O) groups is 1. The number of nitrogens with zero attached hydrogens (tertiary/aromatic N) is 2. The Hall–Kier alpha value is -1.82. The van der Waals surface area contributed by atoms with Gasteiger partial charge in [-0.25, -0.2) is 0 Å².